The largest absolute Gasteiger partial charge is 0.496 e. The van der Waals surface area contributed by atoms with Crippen LogP contribution in [0, 0.1) is 0 Å². The lowest BCUT2D eigenvalue weighted by Crippen LogP contribution is -2.45. The molecule has 0 radical (unpaired) electrons. The van der Waals surface area contributed by atoms with Gasteiger partial charge in [0, 0.05) is 37.9 Å². The molecule has 1 fully saturated rings. The van der Waals surface area contributed by atoms with Crippen LogP contribution in [0.1, 0.15) is 22.9 Å². The van der Waals surface area contributed by atoms with E-state index in [1.807, 2.05) is 42.5 Å². The van der Waals surface area contributed by atoms with Gasteiger partial charge in [-0.2, -0.15) is 0 Å². The first-order valence-electron chi connectivity index (χ1n) is 10.0. The Morgan fingerprint density at radius 3 is 2.66 bits per heavy atom. The third kappa shape index (κ3) is 4.94. The summed E-state index contributed by atoms with van der Waals surface area (Å²) in [6.45, 7) is 4.29. The summed E-state index contributed by atoms with van der Waals surface area (Å²) in [5, 5.41) is 3.52. The molecule has 0 saturated carbocycles. The number of hydrogen-bond acceptors (Lipinski definition) is 5. The topological polar surface area (TPSA) is 46.6 Å². The number of nitrogens with zero attached hydrogens (tertiary/aromatic N) is 2. The van der Waals surface area contributed by atoms with Crippen molar-refractivity contribution in [2.45, 2.75) is 19.2 Å². The number of benzene rings is 2. The number of para-hydroxylation sites is 1. The number of nitrogens with one attached hydrogen (secondary N) is 1. The molecular formula is C24H27N3O2. The van der Waals surface area contributed by atoms with Crippen molar-refractivity contribution in [2.75, 3.05) is 26.7 Å². The fraction of sp³-hybridized carbons (Fsp3) is 0.292. The normalized spacial score (nSPS) is 17.1. The summed E-state index contributed by atoms with van der Waals surface area (Å²) >= 11 is 0. The van der Waals surface area contributed by atoms with E-state index >= 15 is 0 Å². The Balaban J connectivity index is 1.42. The van der Waals surface area contributed by atoms with Crippen molar-refractivity contribution in [1.29, 1.82) is 0 Å². The van der Waals surface area contributed by atoms with Gasteiger partial charge in [-0.15, -0.1) is 0 Å². The zero-order valence-electron chi connectivity index (χ0n) is 16.8. The van der Waals surface area contributed by atoms with Crippen molar-refractivity contribution in [2.24, 2.45) is 0 Å². The van der Waals surface area contributed by atoms with Gasteiger partial charge in [-0.25, -0.2) is 0 Å². The number of pyridine rings is 1. The minimum Gasteiger partial charge on any atom is -0.496 e. The summed E-state index contributed by atoms with van der Waals surface area (Å²) in [7, 11) is 1.74. The van der Waals surface area contributed by atoms with E-state index in [2.05, 4.69) is 39.5 Å². The molecule has 1 saturated heterocycles. The standard InChI is InChI=1S/C24H27N3O2/c1-28-24-8-3-2-7-22(24)23-16-25-14-15-27(23)17-19-9-11-21(12-10-19)29-18-20-6-4-5-13-26-20/h2-13,23,25H,14-18H2,1H3. The first kappa shape index (κ1) is 19.4. The molecule has 0 spiro atoms. The molecule has 1 aliphatic rings. The maximum atomic E-state index is 5.86. The van der Waals surface area contributed by atoms with Gasteiger partial charge in [0.2, 0.25) is 0 Å². The van der Waals surface area contributed by atoms with Crippen molar-refractivity contribution in [3.05, 3.63) is 89.7 Å². The molecule has 150 valence electrons. The molecule has 5 heteroatoms. The van der Waals surface area contributed by atoms with Gasteiger partial charge in [-0.05, 0) is 35.9 Å². The summed E-state index contributed by atoms with van der Waals surface area (Å²) < 4.78 is 11.5. The van der Waals surface area contributed by atoms with Crippen LogP contribution in [-0.2, 0) is 13.2 Å². The summed E-state index contributed by atoms with van der Waals surface area (Å²) in [6, 6.07) is 22.8. The first-order valence-corrected chi connectivity index (χ1v) is 10.0. The third-order valence-electron chi connectivity index (χ3n) is 5.27. The molecule has 1 N–H and O–H groups in total. The van der Waals surface area contributed by atoms with Crippen molar-refractivity contribution in [1.82, 2.24) is 15.2 Å². The molecule has 1 aromatic heterocycles. The van der Waals surface area contributed by atoms with Crippen LogP contribution in [-0.4, -0.2) is 36.6 Å². The van der Waals surface area contributed by atoms with E-state index < -0.39 is 0 Å². The average Bonchev–Trinajstić information content (AvgIpc) is 2.80. The Morgan fingerprint density at radius 2 is 1.86 bits per heavy atom. The molecular weight excluding hydrogens is 362 g/mol. The molecule has 0 amide bonds. The maximum absolute atomic E-state index is 5.86. The van der Waals surface area contributed by atoms with Crippen LogP contribution >= 0.6 is 0 Å². The average molecular weight is 389 g/mol. The van der Waals surface area contributed by atoms with Gasteiger partial charge in [-0.1, -0.05) is 36.4 Å². The quantitative estimate of drug-likeness (QED) is 0.666. The van der Waals surface area contributed by atoms with Gasteiger partial charge >= 0.3 is 0 Å². The fourth-order valence-corrected chi connectivity index (χ4v) is 3.75. The van der Waals surface area contributed by atoms with Crippen LogP contribution < -0.4 is 14.8 Å². The molecule has 1 atom stereocenters. The first-order chi connectivity index (χ1) is 14.3. The summed E-state index contributed by atoms with van der Waals surface area (Å²) in [6.07, 6.45) is 1.79. The summed E-state index contributed by atoms with van der Waals surface area (Å²) in [4.78, 5) is 6.80. The second-order valence-corrected chi connectivity index (χ2v) is 7.19. The van der Waals surface area contributed by atoms with Crippen LogP contribution in [0.4, 0.5) is 0 Å². The van der Waals surface area contributed by atoms with Crippen LogP contribution in [0.5, 0.6) is 11.5 Å². The Bertz CT molecular complexity index is 900. The highest BCUT2D eigenvalue weighted by Crippen LogP contribution is 2.31. The second kappa shape index (κ2) is 9.54. The Morgan fingerprint density at radius 1 is 1.03 bits per heavy atom. The van der Waals surface area contributed by atoms with Gasteiger partial charge < -0.3 is 14.8 Å². The van der Waals surface area contributed by atoms with Crippen molar-refractivity contribution in [3.8, 4) is 11.5 Å². The highest BCUT2D eigenvalue weighted by molar-refractivity contribution is 5.37. The Hall–Kier alpha value is -2.89. The highest BCUT2D eigenvalue weighted by Gasteiger charge is 2.26. The molecule has 5 nitrogen and oxygen atoms in total. The number of ether oxygens (including phenoxy) is 2. The molecule has 1 unspecified atom stereocenters. The van der Waals surface area contributed by atoms with Gasteiger partial charge in [0.05, 0.1) is 18.8 Å². The smallest absolute Gasteiger partial charge is 0.130 e. The van der Waals surface area contributed by atoms with E-state index in [0.717, 1.165) is 43.4 Å². The molecule has 0 aliphatic carbocycles. The molecule has 1 aliphatic heterocycles. The van der Waals surface area contributed by atoms with Crippen LogP contribution in [0.25, 0.3) is 0 Å². The van der Waals surface area contributed by atoms with E-state index in [1.54, 1.807) is 13.3 Å². The van der Waals surface area contributed by atoms with Gasteiger partial charge in [0.25, 0.3) is 0 Å². The zero-order chi connectivity index (χ0) is 19.9. The third-order valence-corrected chi connectivity index (χ3v) is 5.27. The van der Waals surface area contributed by atoms with Crippen LogP contribution in [0.3, 0.4) is 0 Å². The molecule has 29 heavy (non-hydrogen) atoms. The second-order valence-electron chi connectivity index (χ2n) is 7.19. The number of piperazine rings is 1. The SMILES string of the molecule is COc1ccccc1C1CNCCN1Cc1ccc(OCc2ccccn2)cc1. The summed E-state index contributed by atoms with van der Waals surface area (Å²) in [5.41, 5.74) is 3.44. The van der Waals surface area contributed by atoms with Crippen LogP contribution in [0.15, 0.2) is 72.9 Å². The highest BCUT2D eigenvalue weighted by atomic mass is 16.5. The van der Waals surface area contributed by atoms with Gasteiger partial charge in [0.1, 0.15) is 18.1 Å². The molecule has 4 rings (SSSR count). The van der Waals surface area contributed by atoms with Crippen molar-refractivity contribution in [3.63, 3.8) is 0 Å². The molecule has 0 bridgehead atoms. The minimum atomic E-state index is 0.292. The lowest BCUT2D eigenvalue weighted by atomic mass is 10.0. The maximum Gasteiger partial charge on any atom is 0.130 e. The van der Waals surface area contributed by atoms with Crippen molar-refractivity contribution >= 4 is 0 Å². The molecule has 2 heterocycles. The summed E-state index contributed by atoms with van der Waals surface area (Å²) in [5.74, 6) is 1.81. The van der Waals surface area contributed by atoms with Crippen molar-refractivity contribution < 1.29 is 9.47 Å². The number of rotatable bonds is 7. The van der Waals surface area contributed by atoms with Gasteiger partial charge in [-0.3, -0.25) is 9.88 Å². The zero-order valence-corrected chi connectivity index (χ0v) is 16.8. The van der Waals surface area contributed by atoms with E-state index in [0.29, 0.717) is 12.6 Å². The lowest BCUT2D eigenvalue weighted by Gasteiger charge is -2.37. The number of methoxy groups -OCH3 is 1. The molecule has 3 aromatic rings. The monoisotopic (exact) mass is 389 g/mol. The number of hydrogen-bond donors (Lipinski definition) is 1. The van der Waals surface area contributed by atoms with E-state index in [9.17, 15) is 0 Å². The Labute approximate surface area is 172 Å². The van der Waals surface area contributed by atoms with E-state index in [-0.39, 0.29) is 0 Å². The van der Waals surface area contributed by atoms with Gasteiger partial charge in [0.15, 0.2) is 0 Å². The lowest BCUT2D eigenvalue weighted by molar-refractivity contribution is 0.151. The Kier molecular flexibility index (Phi) is 6.39. The van der Waals surface area contributed by atoms with E-state index in [1.165, 1.54) is 11.1 Å². The predicted octanol–water partition coefficient (Wildman–Crippen LogP) is 3.82. The van der Waals surface area contributed by atoms with Crippen LogP contribution in [0.2, 0.25) is 0 Å². The number of aromatic nitrogens is 1. The predicted molar refractivity (Wildman–Crippen MR) is 114 cm³/mol. The minimum absolute atomic E-state index is 0.292. The fourth-order valence-electron chi connectivity index (χ4n) is 3.75. The van der Waals surface area contributed by atoms with E-state index in [4.69, 9.17) is 9.47 Å². The molecule has 2 aromatic carbocycles.